The summed E-state index contributed by atoms with van der Waals surface area (Å²) in [5.41, 5.74) is 0. The molecule has 8 radical (unpaired) electrons. The number of amides is 3. The van der Waals surface area contributed by atoms with Gasteiger partial charge in [0, 0.05) is 199 Å². The molecule has 4 aliphatic heterocycles. The van der Waals surface area contributed by atoms with Crippen molar-refractivity contribution in [3.05, 3.63) is 146 Å². The number of thioether (sulfide) groups is 3. The number of Topliss-reactive ketones (excluding diaryl/α,β-unsaturated/α-hetero) is 2. The van der Waals surface area contributed by atoms with Crippen LogP contribution in [-0.2, 0) is 94.2 Å². The smallest absolute Gasteiger partial charge is 0.300 e. The van der Waals surface area contributed by atoms with Gasteiger partial charge in [0.25, 0.3) is 5.97 Å². The van der Waals surface area contributed by atoms with E-state index in [2.05, 4.69) is 54.3 Å². The number of rotatable bonds is 6. The molecule has 4 aromatic rings. The Kier molecular flexibility index (Phi) is 160. The number of hydrogen-bond donors (Lipinski definition) is 4. The van der Waals surface area contributed by atoms with Crippen LogP contribution >= 0.6 is 51.2 Å². The van der Waals surface area contributed by atoms with Crippen molar-refractivity contribution in [2.45, 2.75) is 112 Å². The maximum Gasteiger partial charge on any atom is 0.300 e. The molecule has 0 spiro atoms. The van der Waals surface area contributed by atoms with E-state index in [-0.39, 0.29) is 141 Å². The van der Waals surface area contributed by atoms with Gasteiger partial charge >= 0.3 is 0 Å². The molecule has 8 rings (SSSR count). The zero-order valence-electron chi connectivity index (χ0n) is 54.5. The molecule has 0 saturated carbocycles. The minimum absolute atomic E-state index is 0. The number of hydrogen-bond acceptors (Lipinski definition) is 14. The Labute approximate surface area is 642 Å². The summed E-state index contributed by atoms with van der Waals surface area (Å²) >= 11 is 8.19. The van der Waals surface area contributed by atoms with E-state index < -0.39 is 12.4 Å². The van der Waals surface area contributed by atoms with E-state index in [9.17, 15) is 24.0 Å². The number of carboxylic acid groups (broad SMARTS) is 1. The molecule has 0 aromatic heterocycles. The van der Waals surface area contributed by atoms with Crippen molar-refractivity contribution in [2.24, 2.45) is 0 Å². The number of piperazine rings is 2. The Morgan fingerprint density at radius 2 is 0.609 bits per heavy atom. The Morgan fingerprint density at radius 3 is 0.717 bits per heavy atom. The summed E-state index contributed by atoms with van der Waals surface area (Å²) in [7, 11) is 14.0. The molecular formula is C67H127B4BrN6O9S3Y2-2. The second-order valence-electron chi connectivity index (χ2n) is 16.3. The first-order valence-corrected chi connectivity index (χ1v) is 33.8. The van der Waals surface area contributed by atoms with E-state index in [1.165, 1.54) is 13.8 Å². The normalized spacial score (nSPS) is 11.6. The van der Waals surface area contributed by atoms with Crippen LogP contribution in [0.5, 0.6) is 0 Å². The number of aliphatic carboxylic acids is 1. The topological polar surface area (TPSA) is 191 Å². The van der Waals surface area contributed by atoms with E-state index in [0.29, 0.717) is 6.04 Å². The van der Waals surface area contributed by atoms with Gasteiger partial charge in [0.15, 0.2) is 11.6 Å². The number of carbonyl (C=O) groups is 4. The molecule has 25 heteroatoms. The second-order valence-corrected chi connectivity index (χ2v) is 18.7. The average molecular weight is 1560 g/mol. The van der Waals surface area contributed by atoms with Gasteiger partial charge in [-0.3, -0.25) is 29.0 Å². The summed E-state index contributed by atoms with van der Waals surface area (Å²) in [6.07, 6.45) is 15.4. The molecule has 3 amide bonds. The Hall–Kier alpha value is -2.10. The molecule has 0 aliphatic carbocycles. The first-order chi connectivity index (χ1) is 40.3. The largest absolute Gasteiger partial charge is 0.520 e. The molecule has 15 nitrogen and oxygen atoms in total. The summed E-state index contributed by atoms with van der Waals surface area (Å²) in [4.78, 5) is 69.9. The Balaban J connectivity index is -0.0000000494. The third kappa shape index (κ3) is 115. The van der Waals surface area contributed by atoms with Crippen molar-refractivity contribution in [2.75, 3.05) is 135 Å². The van der Waals surface area contributed by atoms with E-state index >= 15 is 0 Å². The summed E-state index contributed by atoms with van der Waals surface area (Å²) in [6.45, 7) is 23.7. The van der Waals surface area contributed by atoms with Crippen LogP contribution in [0.1, 0.15) is 99.9 Å². The number of halogens is 1. The van der Waals surface area contributed by atoms with E-state index in [1.54, 1.807) is 52.0 Å². The van der Waals surface area contributed by atoms with Gasteiger partial charge in [-0.15, -0.1) is 0 Å². The number of ketones is 2. The molecule has 0 atom stereocenters. The van der Waals surface area contributed by atoms with Crippen LogP contribution in [-0.4, -0.2) is 253 Å². The van der Waals surface area contributed by atoms with Gasteiger partial charge in [-0.05, 0) is 57.2 Å². The van der Waals surface area contributed by atoms with E-state index in [4.69, 9.17) is 20.1 Å². The zero-order chi connectivity index (χ0) is 66.0. The first kappa shape index (κ1) is 130. The quantitative estimate of drug-likeness (QED) is 0.0809. The third-order valence-corrected chi connectivity index (χ3v) is 9.10. The van der Waals surface area contributed by atoms with E-state index in [1.807, 2.05) is 234 Å². The number of benzene rings is 4. The van der Waals surface area contributed by atoms with Crippen molar-refractivity contribution in [3.8, 4) is 0 Å². The zero-order valence-corrected chi connectivity index (χ0v) is 64.2. The monoisotopic (exact) mass is 1560 g/mol. The van der Waals surface area contributed by atoms with Crippen molar-refractivity contribution >= 4 is 117 Å². The number of likely N-dealkylation sites (tertiary alicyclic amines) is 1. The van der Waals surface area contributed by atoms with Gasteiger partial charge in [-0.1, -0.05) is 234 Å². The minimum Gasteiger partial charge on any atom is -0.520 e. The maximum atomic E-state index is 11.0. The molecule has 92 heavy (non-hydrogen) atoms. The number of carbonyl (C=O) groups excluding carboxylic acids is 5. The fourth-order valence-corrected chi connectivity index (χ4v) is 5.37. The molecule has 524 valence electrons. The number of alkyl halides is 1. The maximum absolute atomic E-state index is 11.0. The minimum atomic E-state index is -0.833. The standard InChI is InChI=1S/C10H16N3O2.C8H14N3O.4C6H6.2C3H6O2.C2H4O2.3C2H6S.2C2H6.CH3Br.6CH4.B4.2Y/c1-9(15)13-6-10(7-13)12-4-2-11(8-14)3-5-12;12-7-10-1-3-11(4-2-10)8-5-9-6-8;4*1-2-4-6-5-3-1;2*1-3(5)2-4;1-2(3)4;3*1-3-2;3*1-2;;;;;;;1-4(2)3;;/h10H,2-7H2,1H3;8-9H,1-6H2;4*1-6H;2*4H,2H2,1H3;1H3,(H,3,4);3*1-2H3;2*1-2H3;1H3;6*1H4;;;/q2*-1;;;;;;;;;;;;;;;;;;;;;;. The third-order valence-electron chi connectivity index (χ3n) is 9.10. The van der Waals surface area contributed by atoms with Crippen LogP contribution in [0.3, 0.4) is 0 Å². The van der Waals surface area contributed by atoms with Crippen LogP contribution in [0.25, 0.3) is 0 Å². The van der Waals surface area contributed by atoms with Crippen LogP contribution in [0.4, 0.5) is 0 Å². The number of aliphatic hydroxyl groups excluding tert-OH is 2. The van der Waals surface area contributed by atoms with Crippen molar-refractivity contribution < 1.29 is 110 Å². The summed E-state index contributed by atoms with van der Waals surface area (Å²) in [6, 6.07) is 49.2. The van der Waals surface area contributed by atoms with Crippen molar-refractivity contribution in [3.63, 3.8) is 0 Å². The van der Waals surface area contributed by atoms with Gasteiger partial charge in [-0.2, -0.15) is 48.1 Å². The molecule has 4 saturated heterocycles. The molecule has 4 heterocycles. The fourth-order valence-electron chi connectivity index (χ4n) is 5.37. The molecule has 4 aromatic carbocycles. The van der Waals surface area contributed by atoms with E-state index in [0.717, 1.165) is 91.5 Å². The fraction of sp³-hybridized carbons (Fsp3) is 0.552. The second kappa shape index (κ2) is 113. The van der Waals surface area contributed by atoms with Crippen molar-refractivity contribution in [1.82, 2.24) is 29.8 Å². The molecule has 4 aliphatic rings. The molecule has 0 bridgehead atoms. The Morgan fingerprint density at radius 1 is 0.457 bits per heavy atom. The predicted octanol–water partition coefficient (Wildman–Crippen LogP) is 11.8. The average Bonchev–Trinajstić information content (AvgIpc) is 0.903. The molecular weight excluding hydrogens is 1430 g/mol. The molecule has 0 unspecified atom stereocenters. The van der Waals surface area contributed by atoms with Gasteiger partial charge < -0.3 is 44.9 Å². The molecule has 4 fully saturated rings. The van der Waals surface area contributed by atoms with Gasteiger partial charge in [-0.25, -0.2) is 0 Å². The van der Waals surface area contributed by atoms with Crippen LogP contribution in [0.15, 0.2) is 146 Å². The predicted molar refractivity (Wildman–Crippen MR) is 414 cm³/mol. The van der Waals surface area contributed by atoms with Crippen LogP contribution in [0, 0.1) is 0 Å². The number of nitrogens with zero attached hydrogens (tertiary/aromatic N) is 5. The summed E-state index contributed by atoms with van der Waals surface area (Å²) in [5.74, 6) is 0.758. The van der Waals surface area contributed by atoms with Crippen LogP contribution in [0.2, 0.25) is 0 Å². The van der Waals surface area contributed by atoms with Gasteiger partial charge in [0.05, 0.1) is 0 Å². The van der Waals surface area contributed by atoms with Gasteiger partial charge in [0.1, 0.15) is 13.2 Å². The van der Waals surface area contributed by atoms with Crippen LogP contribution < -0.4 is 5.32 Å². The summed E-state index contributed by atoms with van der Waals surface area (Å²) < 4.78 is 0. The SMILES string of the molecule is C.C.C.C.C.C.CBr.CC.CC.CC(=O)CO.CC(=O)CO.CC(=O)N1CC(N2CCN([C-]=O)CC2)C1.CC(=O)O.CSC.CSC.CSC.O=[C-]N1CCN(C2CNC2)CC1.[B]B([B])[B].[Y].[Y].c1ccccc1.c1ccccc1.c1ccccc1.c1ccccc1. The molecule has 4 N–H and O–H groups in total. The Bertz CT molecular complexity index is 1630. The van der Waals surface area contributed by atoms with Gasteiger partial charge in [0.2, 0.25) is 5.91 Å². The first-order valence-electron chi connectivity index (χ1n) is 27.3. The number of nitrogens with one attached hydrogen (secondary N) is 1. The van der Waals surface area contributed by atoms with Crippen molar-refractivity contribution in [1.29, 1.82) is 0 Å². The number of carboxylic acids is 1. The number of aliphatic hydroxyl groups is 2. The summed E-state index contributed by atoms with van der Waals surface area (Å²) in [5, 5.41) is 26.3.